The van der Waals surface area contributed by atoms with E-state index in [0.29, 0.717) is 37.4 Å². The van der Waals surface area contributed by atoms with Crippen molar-refractivity contribution >= 4 is 5.96 Å². The molecule has 0 spiro atoms. The highest BCUT2D eigenvalue weighted by Gasteiger charge is 2.21. The fourth-order valence-corrected chi connectivity index (χ4v) is 2.02. The number of aromatic nitrogens is 2. The van der Waals surface area contributed by atoms with E-state index in [0.717, 1.165) is 11.5 Å². The quantitative estimate of drug-likeness (QED) is 0.443. The predicted octanol–water partition coefficient (Wildman–Crippen LogP) is 2.12. The van der Waals surface area contributed by atoms with E-state index in [1.807, 2.05) is 45.0 Å². The molecular formula is C18H27N5O3. The maximum absolute atomic E-state index is 5.66. The lowest BCUT2D eigenvalue weighted by Gasteiger charge is -2.12. The van der Waals surface area contributed by atoms with Crippen molar-refractivity contribution in [2.75, 3.05) is 27.3 Å². The molecule has 1 aromatic carbocycles. The third-order valence-electron chi connectivity index (χ3n) is 3.47. The van der Waals surface area contributed by atoms with E-state index in [1.165, 1.54) is 0 Å². The van der Waals surface area contributed by atoms with Gasteiger partial charge in [-0.05, 0) is 24.3 Å². The number of nitrogens with one attached hydrogen (secondary N) is 2. The van der Waals surface area contributed by atoms with Gasteiger partial charge in [0.1, 0.15) is 18.1 Å². The molecule has 0 atom stereocenters. The van der Waals surface area contributed by atoms with Crippen molar-refractivity contribution in [1.29, 1.82) is 0 Å². The number of nitrogens with zero attached hydrogens (tertiary/aromatic N) is 3. The lowest BCUT2D eigenvalue weighted by atomic mass is 9.97. The van der Waals surface area contributed by atoms with E-state index in [9.17, 15) is 0 Å². The largest absolute Gasteiger partial charge is 0.497 e. The second-order valence-corrected chi connectivity index (χ2v) is 6.64. The fraction of sp³-hybridized carbons (Fsp3) is 0.500. The molecule has 0 aliphatic carbocycles. The number of hydrogen-bond acceptors (Lipinski definition) is 6. The van der Waals surface area contributed by atoms with Crippen molar-refractivity contribution in [2.45, 2.75) is 32.7 Å². The minimum atomic E-state index is -0.163. The number of hydrogen-bond donors (Lipinski definition) is 2. The molecule has 2 N–H and O–H groups in total. The summed E-state index contributed by atoms with van der Waals surface area (Å²) in [5, 5.41) is 10.3. The Hall–Kier alpha value is -2.77. The fourth-order valence-electron chi connectivity index (χ4n) is 2.02. The summed E-state index contributed by atoms with van der Waals surface area (Å²) in [4.78, 5) is 8.54. The third-order valence-corrected chi connectivity index (χ3v) is 3.47. The molecule has 0 bridgehead atoms. The molecule has 8 heteroatoms. The smallest absolute Gasteiger partial charge is 0.232 e. The Balaban J connectivity index is 1.71. The SMILES string of the molecule is CN=C(NCCOc1ccc(OC)cc1)NCc1noc(C(C)(C)C)n1. The Labute approximate surface area is 154 Å². The van der Waals surface area contributed by atoms with Gasteiger partial charge >= 0.3 is 0 Å². The van der Waals surface area contributed by atoms with Crippen molar-refractivity contribution in [2.24, 2.45) is 4.99 Å². The average molecular weight is 361 g/mol. The first kappa shape index (κ1) is 19.6. The van der Waals surface area contributed by atoms with Gasteiger partial charge in [-0.25, -0.2) is 0 Å². The summed E-state index contributed by atoms with van der Waals surface area (Å²) in [7, 11) is 3.34. The van der Waals surface area contributed by atoms with Gasteiger partial charge in [-0.3, -0.25) is 4.99 Å². The Morgan fingerprint density at radius 1 is 1.15 bits per heavy atom. The van der Waals surface area contributed by atoms with E-state index in [-0.39, 0.29) is 5.41 Å². The van der Waals surface area contributed by atoms with Gasteiger partial charge in [-0.1, -0.05) is 25.9 Å². The van der Waals surface area contributed by atoms with Crippen LogP contribution in [0.5, 0.6) is 11.5 Å². The number of guanidine groups is 1. The second kappa shape index (κ2) is 9.07. The van der Waals surface area contributed by atoms with Crippen LogP contribution in [0, 0.1) is 0 Å². The number of ether oxygens (including phenoxy) is 2. The molecule has 1 heterocycles. The molecule has 1 aromatic heterocycles. The molecule has 0 radical (unpaired) electrons. The summed E-state index contributed by atoms with van der Waals surface area (Å²) in [5.41, 5.74) is -0.163. The zero-order valence-corrected chi connectivity index (χ0v) is 16.0. The Morgan fingerprint density at radius 3 is 2.42 bits per heavy atom. The van der Waals surface area contributed by atoms with Crippen molar-refractivity contribution < 1.29 is 14.0 Å². The summed E-state index contributed by atoms with van der Waals surface area (Å²) < 4.78 is 16.0. The minimum Gasteiger partial charge on any atom is -0.497 e. The lowest BCUT2D eigenvalue weighted by molar-refractivity contribution is 0.317. The van der Waals surface area contributed by atoms with E-state index < -0.39 is 0 Å². The van der Waals surface area contributed by atoms with Crippen LogP contribution in [0.4, 0.5) is 0 Å². The highest BCUT2D eigenvalue weighted by molar-refractivity contribution is 5.79. The zero-order chi connectivity index (χ0) is 19.0. The molecule has 0 amide bonds. The van der Waals surface area contributed by atoms with Crippen molar-refractivity contribution in [3.63, 3.8) is 0 Å². The number of methoxy groups -OCH3 is 1. The maximum Gasteiger partial charge on any atom is 0.232 e. The minimum absolute atomic E-state index is 0.163. The molecule has 0 fully saturated rings. The maximum atomic E-state index is 5.66. The first-order valence-corrected chi connectivity index (χ1v) is 8.47. The number of aliphatic imine (C=N–C) groups is 1. The molecule has 0 unspecified atom stereocenters. The van der Waals surface area contributed by atoms with Gasteiger partial charge in [0.15, 0.2) is 11.8 Å². The van der Waals surface area contributed by atoms with Crippen LogP contribution < -0.4 is 20.1 Å². The van der Waals surface area contributed by atoms with Crippen molar-refractivity contribution in [3.8, 4) is 11.5 Å². The van der Waals surface area contributed by atoms with E-state index in [2.05, 4.69) is 25.8 Å². The Morgan fingerprint density at radius 2 is 1.85 bits per heavy atom. The van der Waals surface area contributed by atoms with Crippen molar-refractivity contribution in [1.82, 2.24) is 20.8 Å². The molecule has 2 rings (SSSR count). The zero-order valence-electron chi connectivity index (χ0n) is 16.0. The van der Waals surface area contributed by atoms with E-state index in [1.54, 1.807) is 14.2 Å². The monoisotopic (exact) mass is 361 g/mol. The summed E-state index contributed by atoms with van der Waals surface area (Å²) >= 11 is 0. The molecule has 26 heavy (non-hydrogen) atoms. The standard InChI is InChI=1S/C18H27N5O3/c1-18(2,3)16-22-15(23-26-16)12-21-17(19-4)20-10-11-25-14-8-6-13(24-5)7-9-14/h6-9H,10-12H2,1-5H3,(H2,19,20,21). The predicted molar refractivity (Wildman–Crippen MR) is 99.7 cm³/mol. The molecule has 0 aliphatic heterocycles. The molecule has 0 saturated carbocycles. The van der Waals surface area contributed by atoms with Crippen LogP contribution in [-0.2, 0) is 12.0 Å². The molecule has 2 aromatic rings. The molecule has 8 nitrogen and oxygen atoms in total. The van der Waals surface area contributed by atoms with Crippen LogP contribution in [0.15, 0.2) is 33.8 Å². The molecule has 0 saturated heterocycles. The van der Waals surface area contributed by atoms with Crippen LogP contribution in [0.1, 0.15) is 32.5 Å². The summed E-state index contributed by atoms with van der Waals surface area (Å²) in [6.45, 7) is 7.62. The summed E-state index contributed by atoms with van der Waals surface area (Å²) in [6.07, 6.45) is 0. The van der Waals surface area contributed by atoms with E-state index >= 15 is 0 Å². The molecule has 142 valence electrons. The highest BCUT2D eigenvalue weighted by Crippen LogP contribution is 2.19. The van der Waals surface area contributed by atoms with Gasteiger partial charge in [0.2, 0.25) is 5.89 Å². The van der Waals surface area contributed by atoms with Gasteiger partial charge in [0.05, 0.1) is 20.2 Å². The van der Waals surface area contributed by atoms with Gasteiger partial charge in [0.25, 0.3) is 0 Å². The van der Waals surface area contributed by atoms with Crippen LogP contribution in [0.3, 0.4) is 0 Å². The lowest BCUT2D eigenvalue weighted by Crippen LogP contribution is -2.39. The highest BCUT2D eigenvalue weighted by atomic mass is 16.5. The van der Waals surface area contributed by atoms with Gasteiger partial charge in [-0.15, -0.1) is 0 Å². The third kappa shape index (κ3) is 5.94. The number of benzene rings is 1. The van der Waals surface area contributed by atoms with E-state index in [4.69, 9.17) is 14.0 Å². The molecular weight excluding hydrogens is 334 g/mol. The Bertz CT molecular complexity index is 704. The van der Waals surface area contributed by atoms with Crippen LogP contribution in [0.2, 0.25) is 0 Å². The van der Waals surface area contributed by atoms with Crippen LogP contribution in [-0.4, -0.2) is 43.4 Å². The first-order valence-electron chi connectivity index (χ1n) is 8.47. The Kier molecular flexibility index (Phi) is 6.82. The van der Waals surface area contributed by atoms with Crippen LogP contribution >= 0.6 is 0 Å². The molecule has 0 aliphatic rings. The topological polar surface area (TPSA) is 93.8 Å². The van der Waals surface area contributed by atoms with Gasteiger partial charge < -0.3 is 24.6 Å². The first-order chi connectivity index (χ1) is 12.4. The normalized spacial score (nSPS) is 12.0. The summed E-state index contributed by atoms with van der Waals surface area (Å²) in [5.74, 6) is 3.44. The number of rotatable bonds is 7. The second-order valence-electron chi connectivity index (χ2n) is 6.64. The van der Waals surface area contributed by atoms with Crippen LogP contribution in [0.25, 0.3) is 0 Å². The summed E-state index contributed by atoms with van der Waals surface area (Å²) in [6, 6.07) is 7.46. The van der Waals surface area contributed by atoms with Crippen molar-refractivity contribution in [3.05, 3.63) is 36.0 Å². The van der Waals surface area contributed by atoms with Gasteiger partial charge in [0, 0.05) is 12.5 Å². The average Bonchev–Trinajstić information content (AvgIpc) is 3.11. The van der Waals surface area contributed by atoms with Gasteiger partial charge in [-0.2, -0.15) is 4.98 Å².